The molecular formula is C14H20ClF4N3O3S. The molecule has 0 saturated carbocycles. The van der Waals surface area contributed by atoms with E-state index in [9.17, 15) is 26.0 Å². The van der Waals surface area contributed by atoms with Gasteiger partial charge in [0, 0.05) is 32.7 Å². The van der Waals surface area contributed by atoms with Crippen LogP contribution in [0.4, 0.5) is 17.6 Å². The van der Waals surface area contributed by atoms with Crippen LogP contribution in [-0.2, 0) is 10.0 Å². The molecule has 1 atom stereocenters. The van der Waals surface area contributed by atoms with E-state index < -0.39 is 39.5 Å². The first-order valence-electron chi connectivity index (χ1n) is 7.50. The molecule has 2 rings (SSSR count). The summed E-state index contributed by atoms with van der Waals surface area (Å²) in [4.78, 5) is 0.709. The molecule has 6 nitrogen and oxygen atoms in total. The topological polar surface area (TPSA) is 70.7 Å². The van der Waals surface area contributed by atoms with Gasteiger partial charge in [0.2, 0.25) is 10.0 Å². The Morgan fingerprint density at radius 2 is 1.92 bits per heavy atom. The monoisotopic (exact) mass is 421 g/mol. The van der Waals surface area contributed by atoms with Gasteiger partial charge in [-0.15, -0.1) is 12.4 Å². The summed E-state index contributed by atoms with van der Waals surface area (Å²) >= 11 is 0. The van der Waals surface area contributed by atoms with Gasteiger partial charge in [0.05, 0.1) is 12.0 Å². The van der Waals surface area contributed by atoms with Crippen molar-refractivity contribution in [2.45, 2.75) is 17.1 Å². The number of benzene rings is 1. The number of alkyl halides is 3. The van der Waals surface area contributed by atoms with Crippen LogP contribution in [-0.4, -0.2) is 65.4 Å². The van der Waals surface area contributed by atoms with Gasteiger partial charge in [-0.1, -0.05) is 0 Å². The highest BCUT2D eigenvalue weighted by molar-refractivity contribution is 7.89. The molecule has 0 aromatic heterocycles. The lowest BCUT2D eigenvalue weighted by molar-refractivity contribution is -0.182. The molecule has 26 heavy (non-hydrogen) atoms. The van der Waals surface area contributed by atoms with E-state index in [1.807, 2.05) is 4.72 Å². The zero-order chi connectivity index (χ0) is 18.7. The van der Waals surface area contributed by atoms with Crippen LogP contribution >= 0.6 is 12.4 Å². The standard InChI is InChI=1S/C14H19F4N3O3S.ClH/c1-24-12-3-2-10(8-11(12)15)25(22,23)20-9-13(14(16,17)18)21-6-4-19-5-7-21;/h2-3,8,13,19-20H,4-7,9H2,1H3;1H. The van der Waals surface area contributed by atoms with Crippen LogP contribution in [0.5, 0.6) is 5.75 Å². The average Bonchev–Trinajstić information content (AvgIpc) is 2.54. The number of nitrogens with zero attached hydrogens (tertiary/aromatic N) is 1. The molecule has 1 unspecified atom stereocenters. The molecule has 0 bridgehead atoms. The second-order valence-corrected chi connectivity index (χ2v) is 7.26. The van der Waals surface area contributed by atoms with Crippen molar-refractivity contribution in [3.63, 3.8) is 0 Å². The van der Waals surface area contributed by atoms with Crippen LogP contribution in [0.25, 0.3) is 0 Å². The van der Waals surface area contributed by atoms with Crippen molar-refractivity contribution < 1.29 is 30.7 Å². The Balaban J connectivity index is 0.00000338. The summed E-state index contributed by atoms with van der Waals surface area (Å²) in [6.45, 7) is 0.248. The first-order chi connectivity index (χ1) is 11.6. The highest BCUT2D eigenvalue weighted by atomic mass is 35.5. The largest absolute Gasteiger partial charge is 0.494 e. The number of halogens is 5. The third-order valence-corrected chi connectivity index (χ3v) is 5.29. The van der Waals surface area contributed by atoms with Gasteiger partial charge in [-0.2, -0.15) is 13.2 Å². The molecule has 150 valence electrons. The lowest BCUT2D eigenvalue weighted by Gasteiger charge is -2.35. The highest BCUT2D eigenvalue weighted by Gasteiger charge is 2.44. The Morgan fingerprint density at radius 3 is 2.42 bits per heavy atom. The van der Waals surface area contributed by atoms with Gasteiger partial charge in [0.25, 0.3) is 0 Å². The molecule has 0 spiro atoms. The van der Waals surface area contributed by atoms with E-state index in [1.165, 1.54) is 12.0 Å². The Labute approximate surface area is 155 Å². The molecule has 1 heterocycles. The first-order valence-corrected chi connectivity index (χ1v) is 8.98. The van der Waals surface area contributed by atoms with Crippen LogP contribution in [0.2, 0.25) is 0 Å². The maximum absolute atomic E-state index is 13.6. The van der Waals surface area contributed by atoms with Crippen LogP contribution in [0.1, 0.15) is 0 Å². The van der Waals surface area contributed by atoms with Crippen molar-refractivity contribution in [1.82, 2.24) is 14.9 Å². The Morgan fingerprint density at radius 1 is 1.31 bits per heavy atom. The summed E-state index contributed by atoms with van der Waals surface area (Å²) in [5.74, 6) is -1.08. The van der Waals surface area contributed by atoms with Gasteiger partial charge in [-0.05, 0) is 18.2 Å². The maximum Gasteiger partial charge on any atom is 0.405 e. The fourth-order valence-corrected chi connectivity index (χ4v) is 3.58. The number of rotatable bonds is 6. The molecule has 1 fully saturated rings. The van der Waals surface area contributed by atoms with Crippen molar-refractivity contribution >= 4 is 22.4 Å². The molecule has 12 heteroatoms. The summed E-state index contributed by atoms with van der Waals surface area (Å²) in [5, 5.41) is 2.94. The van der Waals surface area contributed by atoms with Gasteiger partial charge >= 0.3 is 6.18 Å². The lowest BCUT2D eigenvalue weighted by Crippen LogP contribution is -2.57. The number of ether oxygens (including phenoxy) is 1. The minimum Gasteiger partial charge on any atom is -0.494 e. The van der Waals surface area contributed by atoms with Gasteiger partial charge in [-0.25, -0.2) is 17.5 Å². The van der Waals surface area contributed by atoms with Crippen LogP contribution in [0.3, 0.4) is 0 Å². The fourth-order valence-electron chi connectivity index (χ4n) is 2.53. The van der Waals surface area contributed by atoms with Gasteiger partial charge < -0.3 is 10.1 Å². The van der Waals surface area contributed by atoms with E-state index in [0.717, 1.165) is 12.1 Å². The number of hydrogen-bond acceptors (Lipinski definition) is 5. The van der Waals surface area contributed by atoms with Crippen molar-refractivity contribution in [3.8, 4) is 5.75 Å². The fraction of sp³-hybridized carbons (Fsp3) is 0.571. The van der Waals surface area contributed by atoms with Crippen LogP contribution in [0.15, 0.2) is 23.1 Å². The molecular weight excluding hydrogens is 402 g/mol. The number of nitrogens with one attached hydrogen (secondary N) is 2. The Kier molecular flexibility index (Phi) is 8.08. The molecule has 1 aliphatic rings. The zero-order valence-corrected chi connectivity index (χ0v) is 15.5. The summed E-state index contributed by atoms with van der Waals surface area (Å²) in [6.07, 6.45) is -4.59. The van der Waals surface area contributed by atoms with Gasteiger partial charge in [0.15, 0.2) is 11.6 Å². The van der Waals surface area contributed by atoms with Gasteiger partial charge in [-0.3, -0.25) is 4.90 Å². The van der Waals surface area contributed by atoms with E-state index in [2.05, 4.69) is 10.1 Å². The second kappa shape index (κ2) is 9.18. The van der Waals surface area contributed by atoms with Crippen LogP contribution in [0, 0.1) is 5.82 Å². The van der Waals surface area contributed by atoms with Crippen molar-refractivity contribution in [3.05, 3.63) is 24.0 Å². The van der Waals surface area contributed by atoms with E-state index in [4.69, 9.17) is 0 Å². The first kappa shape index (κ1) is 22.9. The van der Waals surface area contributed by atoms with Crippen LogP contribution < -0.4 is 14.8 Å². The molecule has 1 aromatic rings. The molecule has 0 aliphatic carbocycles. The summed E-state index contributed by atoms with van der Waals surface area (Å²) in [6, 6.07) is 0.917. The Bertz CT molecular complexity index is 697. The lowest BCUT2D eigenvalue weighted by atomic mass is 10.2. The van der Waals surface area contributed by atoms with E-state index in [0.29, 0.717) is 19.2 Å². The predicted molar refractivity (Wildman–Crippen MR) is 89.7 cm³/mol. The normalized spacial score (nSPS) is 17.4. The Hall–Kier alpha value is -1.14. The molecule has 1 saturated heterocycles. The second-order valence-electron chi connectivity index (χ2n) is 5.49. The number of methoxy groups -OCH3 is 1. The summed E-state index contributed by atoms with van der Waals surface area (Å²) < 4.78 is 84.4. The minimum absolute atomic E-state index is 0. The third kappa shape index (κ3) is 5.68. The van der Waals surface area contributed by atoms with E-state index in [1.54, 1.807) is 0 Å². The number of piperazine rings is 1. The van der Waals surface area contributed by atoms with E-state index in [-0.39, 0.29) is 31.2 Å². The zero-order valence-electron chi connectivity index (χ0n) is 13.8. The molecule has 1 aromatic carbocycles. The average molecular weight is 422 g/mol. The SMILES string of the molecule is COc1ccc(S(=O)(=O)NCC(N2CCNCC2)C(F)(F)F)cc1F.Cl. The van der Waals surface area contributed by atoms with E-state index >= 15 is 0 Å². The number of hydrogen-bond donors (Lipinski definition) is 2. The smallest absolute Gasteiger partial charge is 0.405 e. The third-order valence-electron chi connectivity index (χ3n) is 3.87. The quantitative estimate of drug-likeness (QED) is 0.679. The molecule has 0 radical (unpaired) electrons. The van der Waals surface area contributed by atoms with Gasteiger partial charge in [0.1, 0.15) is 6.04 Å². The summed E-state index contributed by atoms with van der Waals surface area (Å²) in [7, 11) is -3.08. The highest BCUT2D eigenvalue weighted by Crippen LogP contribution is 2.26. The van der Waals surface area contributed by atoms with Crippen molar-refractivity contribution in [2.24, 2.45) is 0 Å². The predicted octanol–water partition coefficient (Wildman–Crippen LogP) is 1.37. The summed E-state index contributed by atoms with van der Waals surface area (Å²) in [5.41, 5.74) is 0. The van der Waals surface area contributed by atoms with Crippen molar-refractivity contribution in [1.29, 1.82) is 0 Å². The molecule has 2 N–H and O–H groups in total. The van der Waals surface area contributed by atoms with Crippen molar-refractivity contribution in [2.75, 3.05) is 39.8 Å². The number of sulfonamides is 1. The maximum atomic E-state index is 13.6. The molecule has 1 aliphatic heterocycles. The molecule has 0 amide bonds. The minimum atomic E-state index is -4.59.